The van der Waals surface area contributed by atoms with Crippen molar-refractivity contribution in [1.82, 2.24) is 5.32 Å². The molecule has 0 heterocycles. The molecule has 0 unspecified atom stereocenters. The van der Waals surface area contributed by atoms with Crippen LogP contribution in [-0.4, -0.2) is 45.3 Å². The molecule has 2 N–H and O–H groups in total. The third-order valence-electron chi connectivity index (χ3n) is 4.24. The van der Waals surface area contributed by atoms with Crippen LogP contribution in [0, 0.1) is 5.41 Å². The number of amides is 1. The van der Waals surface area contributed by atoms with Crippen molar-refractivity contribution in [3.05, 3.63) is 23.8 Å². The molecule has 8 heteroatoms. The number of benzene rings is 1. The Morgan fingerprint density at radius 2 is 1.83 bits per heavy atom. The van der Waals surface area contributed by atoms with Crippen LogP contribution in [-0.2, 0) is 14.6 Å². The van der Waals surface area contributed by atoms with E-state index >= 15 is 0 Å². The second-order valence-electron chi connectivity index (χ2n) is 5.61. The Labute approximate surface area is 141 Å². The van der Waals surface area contributed by atoms with E-state index in [2.05, 4.69) is 5.32 Å². The highest BCUT2D eigenvalue weighted by Crippen LogP contribution is 2.27. The molecule has 0 aliphatic heterocycles. The molecule has 0 radical (unpaired) electrons. The van der Waals surface area contributed by atoms with E-state index in [1.807, 2.05) is 0 Å². The zero-order valence-corrected chi connectivity index (χ0v) is 15.1. The molecule has 1 rings (SSSR count). The summed E-state index contributed by atoms with van der Waals surface area (Å²) in [5.41, 5.74) is -1.01. The van der Waals surface area contributed by atoms with Gasteiger partial charge in [-0.3, -0.25) is 9.59 Å². The van der Waals surface area contributed by atoms with Gasteiger partial charge in [0.05, 0.1) is 23.0 Å². The summed E-state index contributed by atoms with van der Waals surface area (Å²) in [5.74, 6) is -1.34. The van der Waals surface area contributed by atoms with Crippen LogP contribution in [0.15, 0.2) is 23.1 Å². The second-order valence-corrected chi connectivity index (χ2v) is 7.63. The molecule has 0 saturated carbocycles. The summed E-state index contributed by atoms with van der Waals surface area (Å²) < 4.78 is 28.4. The minimum atomic E-state index is -3.48. The van der Waals surface area contributed by atoms with Gasteiger partial charge in [-0.15, -0.1) is 0 Å². The third-order valence-corrected chi connectivity index (χ3v) is 5.35. The fraction of sp³-hybridized carbons (Fsp3) is 0.500. The van der Waals surface area contributed by atoms with E-state index < -0.39 is 27.1 Å². The lowest BCUT2D eigenvalue weighted by Crippen LogP contribution is -2.42. The van der Waals surface area contributed by atoms with Crippen LogP contribution in [0.25, 0.3) is 0 Å². The van der Waals surface area contributed by atoms with Gasteiger partial charge >= 0.3 is 5.97 Å². The predicted octanol–water partition coefficient (Wildman–Crippen LogP) is 1.72. The monoisotopic (exact) mass is 357 g/mol. The number of methoxy groups -OCH3 is 1. The molecular weight excluding hydrogens is 334 g/mol. The van der Waals surface area contributed by atoms with Crippen molar-refractivity contribution in [1.29, 1.82) is 0 Å². The number of carbonyl (C=O) groups is 2. The van der Waals surface area contributed by atoms with E-state index in [0.717, 1.165) is 6.26 Å². The van der Waals surface area contributed by atoms with E-state index in [9.17, 15) is 23.1 Å². The first-order chi connectivity index (χ1) is 11.1. The number of nitrogens with one attached hydrogen (secondary N) is 1. The fourth-order valence-corrected chi connectivity index (χ4v) is 2.97. The fourth-order valence-electron chi connectivity index (χ4n) is 2.32. The SMILES string of the molecule is CCC(CC)(CNC(=O)c1cc(S(C)(=O)=O)ccc1OC)C(=O)O. The van der Waals surface area contributed by atoms with Gasteiger partial charge in [-0.2, -0.15) is 0 Å². The summed E-state index contributed by atoms with van der Waals surface area (Å²) in [4.78, 5) is 23.9. The second kappa shape index (κ2) is 7.65. The molecule has 0 aromatic heterocycles. The standard InChI is InChI=1S/C16H23NO6S/c1-5-16(6-2,15(19)20)10-17-14(18)12-9-11(24(4,21)22)7-8-13(12)23-3/h7-9H,5-6,10H2,1-4H3,(H,17,18)(H,19,20). The number of aliphatic carboxylic acids is 1. The van der Waals surface area contributed by atoms with Crippen molar-refractivity contribution in [2.75, 3.05) is 19.9 Å². The summed E-state index contributed by atoms with van der Waals surface area (Å²) >= 11 is 0. The molecule has 0 atom stereocenters. The van der Waals surface area contributed by atoms with Crippen molar-refractivity contribution in [2.24, 2.45) is 5.41 Å². The first-order valence-electron chi connectivity index (χ1n) is 7.51. The van der Waals surface area contributed by atoms with Crippen molar-refractivity contribution in [3.8, 4) is 5.75 Å². The first kappa shape index (κ1) is 20.0. The van der Waals surface area contributed by atoms with Gasteiger partial charge in [-0.25, -0.2) is 8.42 Å². The van der Waals surface area contributed by atoms with Crippen molar-refractivity contribution in [2.45, 2.75) is 31.6 Å². The smallest absolute Gasteiger partial charge is 0.311 e. The normalized spacial score (nSPS) is 11.8. The Hall–Kier alpha value is -2.09. The van der Waals surface area contributed by atoms with Crippen LogP contribution in [0.3, 0.4) is 0 Å². The van der Waals surface area contributed by atoms with Gasteiger partial charge in [-0.05, 0) is 31.0 Å². The Kier molecular flexibility index (Phi) is 6.36. The van der Waals surface area contributed by atoms with E-state index in [1.54, 1.807) is 13.8 Å². The van der Waals surface area contributed by atoms with Gasteiger partial charge in [-0.1, -0.05) is 13.8 Å². The maximum atomic E-state index is 12.4. The molecule has 0 aliphatic rings. The highest BCUT2D eigenvalue weighted by molar-refractivity contribution is 7.90. The number of ether oxygens (including phenoxy) is 1. The Morgan fingerprint density at radius 3 is 2.25 bits per heavy atom. The number of carbonyl (C=O) groups excluding carboxylic acids is 1. The average molecular weight is 357 g/mol. The summed E-state index contributed by atoms with van der Waals surface area (Å²) in [6.07, 6.45) is 1.76. The highest BCUT2D eigenvalue weighted by Gasteiger charge is 2.35. The Morgan fingerprint density at radius 1 is 1.25 bits per heavy atom. The lowest BCUT2D eigenvalue weighted by Gasteiger charge is -2.27. The molecule has 0 saturated heterocycles. The van der Waals surface area contributed by atoms with Gasteiger partial charge in [0.2, 0.25) is 0 Å². The van der Waals surface area contributed by atoms with Crippen LogP contribution in [0.1, 0.15) is 37.0 Å². The third kappa shape index (κ3) is 4.25. The van der Waals surface area contributed by atoms with Crippen molar-refractivity contribution in [3.63, 3.8) is 0 Å². The quantitative estimate of drug-likeness (QED) is 0.733. The van der Waals surface area contributed by atoms with Crippen LogP contribution >= 0.6 is 0 Å². The number of hydrogen-bond acceptors (Lipinski definition) is 5. The van der Waals surface area contributed by atoms with E-state index in [0.29, 0.717) is 12.8 Å². The van der Waals surface area contributed by atoms with Gasteiger partial charge in [0.15, 0.2) is 9.84 Å². The van der Waals surface area contributed by atoms with E-state index in [1.165, 1.54) is 25.3 Å². The molecule has 1 aromatic rings. The molecule has 0 bridgehead atoms. The van der Waals surface area contributed by atoms with Crippen LogP contribution < -0.4 is 10.1 Å². The maximum Gasteiger partial charge on any atom is 0.311 e. The number of carboxylic acid groups (broad SMARTS) is 1. The van der Waals surface area contributed by atoms with Crippen LogP contribution in [0.5, 0.6) is 5.75 Å². The molecule has 0 fully saturated rings. The number of hydrogen-bond donors (Lipinski definition) is 2. The van der Waals surface area contributed by atoms with Crippen LogP contribution in [0.4, 0.5) is 0 Å². The average Bonchev–Trinajstić information content (AvgIpc) is 2.54. The Bertz CT molecular complexity index is 722. The zero-order valence-electron chi connectivity index (χ0n) is 14.3. The van der Waals surface area contributed by atoms with E-state index in [-0.39, 0.29) is 22.8 Å². The highest BCUT2D eigenvalue weighted by atomic mass is 32.2. The number of rotatable bonds is 8. The molecule has 7 nitrogen and oxygen atoms in total. The van der Waals surface area contributed by atoms with Crippen molar-refractivity contribution < 1.29 is 27.9 Å². The molecule has 24 heavy (non-hydrogen) atoms. The minimum Gasteiger partial charge on any atom is -0.496 e. The summed E-state index contributed by atoms with van der Waals surface area (Å²) in [7, 11) is -2.11. The summed E-state index contributed by atoms with van der Waals surface area (Å²) in [6.45, 7) is 3.43. The lowest BCUT2D eigenvalue weighted by atomic mass is 9.82. The zero-order chi connectivity index (χ0) is 18.5. The maximum absolute atomic E-state index is 12.4. The van der Waals surface area contributed by atoms with Crippen molar-refractivity contribution >= 4 is 21.7 Å². The lowest BCUT2D eigenvalue weighted by molar-refractivity contribution is -0.149. The largest absolute Gasteiger partial charge is 0.496 e. The van der Waals surface area contributed by atoms with Gasteiger partial charge in [0.25, 0.3) is 5.91 Å². The topological polar surface area (TPSA) is 110 Å². The molecule has 134 valence electrons. The summed E-state index contributed by atoms with van der Waals surface area (Å²) in [5, 5.41) is 12.0. The molecule has 0 spiro atoms. The first-order valence-corrected chi connectivity index (χ1v) is 9.40. The number of sulfone groups is 1. The Balaban J connectivity index is 3.13. The van der Waals surface area contributed by atoms with Gasteiger partial charge < -0.3 is 15.2 Å². The molecule has 1 aromatic carbocycles. The molecular formula is C16H23NO6S. The van der Waals surface area contributed by atoms with Gasteiger partial charge in [0, 0.05) is 12.8 Å². The number of carboxylic acids is 1. The van der Waals surface area contributed by atoms with Crippen LogP contribution in [0.2, 0.25) is 0 Å². The summed E-state index contributed by atoms with van der Waals surface area (Å²) in [6, 6.07) is 3.98. The van der Waals surface area contributed by atoms with E-state index in [4.69, 9.17) is 4.74 Å². The van der Waals surface area contributed by atoms with Gasteiger partial charge in [0.1, 0.15) is 5.75 Å². The molecule has 0 aliphatic carbocycles. The molecule has 1 amide bonds. The predicted molar refractivity (Wildman–Crippen MR) is 89.1 cm³/mol. The minimum absolute atomic E-state index is 0.0102.